The largest absolute Gasteiger partial charge is 0.384 e. The number of carbonyl (C=O) groups is 1. The van der Waals surface area contributed by atoms with Crippen molar-refractivity contribution in [3.63, 3.8) is 0 Å². The van der Waals surface area contributed by atoms with Gasteiger partial charge in [0.25, 0.3) is 0 Å². The van der Waals surface area contributed by atoms with Crippen molar-refractivity contribution in [3.8, 4) is 0 Å². The summed E-state index contributed by atoms with van der Waals surface area (Å²) in [5.74, 6) is 1.00. The van der Waals surface area contributed by atoms with Crippen LogP contribution in [-0.4, -0.2) is 17.0 Å². The second-order valence-electron chi connectivity index (χ2n) is 7.17. The van der Waals surface area contributed by atoms with E-state index in [1.165, 1.54) is 0 Å². The Labute approximate surface area is 103 Å². The molecule has 3 aliphatic rings. The van der Waals surface area contributed by atoms with E-state index in [-0.39, 0.29) is 5.41 Å². The van der Waals surface area contributed by atoms with E-state index in [0.29, 0.717) is 22.8 Å². The average Bonchev–Trinajstić information content (AvgIpc) is 2.56. The van der Waals surface area contributed by atoms with Crippen LogP contribution >= 0.6 is 0 Å². The van der Waals surface area contributed by atoms with Gasteiger partial charge in [-0.1, -0.05) is 26.8 Å². The SMILES string of the molecule is CC1(C)CC2C=C(C=O)[C@]3(O)[CH]C[C@]3(C)C2C1. The van der Waals surface area contributed by atoms with E-state index in [9.17, 15) is 9.90 Å². The number of rotatable bonds is 1. The molecule has 3 aliphatic carbocycles. The van der Waals surface area contributed by atoms with Crippen LogP contribution in [0.4, 0.5) is 0 Å². The summed E-state index contributed by atoms with van der Waals surface area (Å²) >= 11 is 0. The first-order valence-corrected chi connectivity index (χ1v) is 6.57. The van der Waals surface area contributed by atoms with Gasteiger partial charge in [0.05, 0.1) is 0 Å². The van der Waals surface area contributed by atoms with Crippen molar-refractivity contribution >= 4 is 6.29 Å². The molecule has 2 saturated carbocycles. The zero-order valence-electron chi connectivity index (χ0n) is 10.9. The Morgan fingerprint density at radius 3 is 2.59 bits per heavy atom. The van der Waals surface area contributed by atoms with Gasteiger partial charge in [-0.25, -0.2) is 0 Å². The van der Waals surface area contributed by atoms with E-state index in [0.717, 1.165) is 25.5 Å². The van der Waals surface area contributed by atoms with E-state index in [2.05, 4.69) is 20.8 Å². The molecular weight excluding hydrogens is 212 g/mol. The lowest BCUT2D eigenvalue weighted by atomic mass is 9.45. The monoisotopic (exact) mass is 233 g/mol. The summed E-state index contributed by atoms with van der Waals surface area (Å²) in [4.78, 5) is 11.2. The lowest BCUT2D eigenvalue weighted by Crippen LogP contribution is -2.63. The Balaban J connectivity index is 2.07. The molecule has 2 heteroatoms. The maximum absolute atomic E-state index is 11.2. The van der Waals surface area contributed by atoms with Crippen LogP contribution < -0.4 is 0 Å². The molecule has 0 spiro atoms. The van der Waals surface area contributed by atoms with Crippen molar-refractivity contribution in [1.29, 1.82) is 0 Å². The third-order valence-corrected chi connectivity index (χ3v) is 5.55. The molecule has 0 saturated heterocycles. The molecule has 2 nitrogen and oxygen atoms in total. The van der Waals surface area contributed by atoms with Gasteiger partial charge in [-0.15, -0.1) is 0 Å². The summed E-state index contributed by atoms with van der Waals surface area (Å²) in [6.45, 7) is 6.75. The normalized spacial score (nSPS) is 50.9. The molecule has 0 aliphatic heterocycles. The topological polar surface area (TPSA) is 37.3 Å². The molecule has 17 heavy (non-hydrogen) atoms. The third-order valence-electron chi connectivity index (χ3n) is 5.55. The van der Waals surface area contributed by atoms with Crippen LogP contribution in [0.15, 0.2) is 11.6 Å². The minimum atomic E-state index is -0.948. The number of aliphatic hydroxyl groups is 1. The summed E-state index contributed by atoms with van der Waals surface area (Å²) in [5.41, 5.74) is -0.124. The Morgan fingerprint density at radius 2 is 2.06 bits per heavy atom. The maximum atomic E-state index is 11.2. The Kier molecular flexibility index (Phi) is 2.04. The Morgan fingerprint density at radius 1 is 1.35 bits per heavy atom. The van der Waals surface area contributed by atoms with Crippen molar-refractivity contribution in [2.75, 3.05) is 0 Å². The number of aldehydes is 1. The fourth-order valence-corrected chi connectivity index (χ4v) is 4.47. The molecule has 0 heterocycles. The van der Waals surface area contributed by atoms with Gasteiger partial charge >= 0.3 is 0 Å². The molecule has 3 rings (SSSR count). The molecule has 93 valence electrons. The summed E-state index contributed by atoms with van der Waals surface area (Å²) in [5, 5.41) is 10.7. The van der Waals surface area contributed by atoms with Crippen LogP contribution in [0.3, 0.4) is 0 Å². The van der Waals surface area contributed by atoms with Gasteiger partial charge in [-0.2, -0.15) is 0 Å². The lowest BCUT2D eigenvalue weighted by molar-refractivity contribution is -0.136. The van der Waals surface area contributed by atoms with Gasteiger partial charge in [-0.3, -0.25) is 4.79 Å². The van der Waals surface area contributed by atoms with Gasteiger partial charge in [0.15, 0.2) is 0 Å². The summed E-state index contributed by atoms with van der Waals surface area (Å²) in [6, 6.07) is 0. The highest BCUT2D eigenvalue weighted by molar-refractivity contribution is 5.79. The van der Waals surface area contributed by atoms with Crippen LogP contribution in [0.1, 0.15) is 40.0 Å². The van der Waals surface area contributed by atoms with Gasteiger partial charge in [0, 0.05) is 11.0 Å². The highest BCUT2D eigenvalue weighted by atomic mass is 16.3. The lowest BCUT2D eigenvalue weighted by Gasteiger charge is -2.61. The zero-order valence-corrected chi connectivity index (χ0v) is 10.9. The second-order valence-corrected chi connectivity index (χ2v) is 7.17. The fourth-order valence-electron chi connectivity index (χ4n) is 4.47. The smallest absolute Gasteiger partial charge is 0.148 e. The number of carbonyl (C=O) groups excluding carboxylic acids is 1. The molecule has 0 bridgehead atoms. The predicted octanol–water partition coefficient (Wildman–Crippen LogP) is 2.52. The van der Waals surface area contributed by atoms with E-state index < -0.39 is 5.60 Å². The van der Waals surface area contributed by atoms with Crippen LogP contribution in [0.5, 0.6) is 0 Å². The highest BCUT2D eigenvalue weighted by Crippen LogP contribution is 2.67. The third kappa shape index (κ3) is 1.22. The van der Waals surface area contributed by atoms with Gasteiger partial charge in [-0.05, 0) is 42.9 Å². The summed E-state index contributed by atoms with van der Waals surface area (Å²) in [7, 11) is 0. The van der Waals surface area contributed by atoms with Crippen molar-refractivity contribution < 1.29 is 9.90 Å². The molecule has 4 atom stereocenters. The fraction of sp³-hybridized carbons (Fsp3) is 0.733. The Hall–Kier alpha value is -0.630. The van der Waals surface area contributed by atoms with Gasteiger partial charge < -0.3 is 5.11 Å². The first-order chi connectivity index (χ1) is 7.82. The highest BCUT2D eigenvalue weighted by Gasteiger charge is 2.66. The van der Waals surface area contributed by atoms with Gasteiger partial charge in [0.2, 0.25) is 0 Å². The zero-order chi connectivity index (χ0) is 12.5. The van der Waals surface area contributed by atoms with Crippen LogP contribution in [-0.2, 0) is 4.79 Å². The summed E-state index contributed by atoms with van der Waals surface area (Å²) < 4.78 is 0. The first-order valence-electron chi connectivity index (χ1n) is 6.57. The maximum Gasteiger partial charge on any atom is 0.148 e. The van der Waals surface area contributed by atoms with Crippen molar-refractivity contribution in [3.05, 3.63) is 18.1 Å². The van der Waals surface area contributed by atoms with Crippen LogP contribution in [0.2, 0.25) is 0 Å². The minimum absolute atomic E-state index is 0.115. The van der Waals surface area contributed by atoms with Crippen LogP contribution in [0, 0.1) is 29.1 Å². The number of hydrogen-bond donors (Lipinski definition) is 1. The van der Waals surface area contributed by atoms with E-state index >= 15 is 0 Å². The summed E-state index contributed by atoms with van der Waals surface area (Å²) in [6.07, 6.45) is 8.05. The quantitative estimate of drug-likeness (QED) is 0.707. The molecule has 0 aromatic heterocycles. The molecule has 2 fully saturated rings. The molecular formula is C15H21O2. The standard InChI is InChI=1S/C15H21O2/c1-13(2)7-10-6-11(9-16)15(17)5-4-14(15,3)12(10)8-13/h5-6,9-10,12,17H,4,7-8H2,1-3H3/t10?,12?,14-,15-/m1/s1. The number of hydrogen-bond acceptors (Lipinski definition) is 2. The molecule has 0 aromatic rings. The van der Waals surface area contributed by atoms with Crippen molar-refractivity contribution in [2.45, 2.75) is 45.6 Å². The first kappa shape index (κ1) is 11.5. The molecule has 1 N–H and O–H groups in total. The minimum Gasteiger partial charge on any atom is -0.384 e. The van der Waals surface area contributed by atoms with Crippen molar-refractivity contribution in [2.24, 2.45) is 22.7 Å². The predicted molar refractivity (Wildman–Crippen MR) is 66.1 cm³/mol. The molecule has 1 radical (unpaired) electrons. The Bertz CT molecular complexity index is 409. The van der Waals surface area contributed by atoms with E-state index in [4.69, 9.17) is 0 Å². The molecule has 2 unspecified atom stereocenters. The molecule has 0 aromatic carbocycles. The average molecular weight is 233 g/mol. The van der Waals surface area contributed by atoms with E-state index in [1.807, 2.05) is 12.5 Å². The number of allylic oxidation sites excluding steroid dienone is 1. The van der Waals surface area contributed by atoms with E-state index in [1.54, 1.807) is 0 Å². The van der Waals surface area contributed by atoms with Crippen molar-refractivity contribution in [1.82, 2.24) is 0 Å². The number of fused-ring (bicyclic) bond motifs is 3. The molecule has 0 amide bonds. The van der Waals surface area contributed by atoms with Gasteiger partial charge in [0.1, 0.15) is 11.9 Å². The second kappa shape index (κ2) is 3.03. The van der Waals surface area contributed by atoms with Crippen LogP contribution in [0.25, 0.3) is 0 Å².